The van der Waals surface area contributed by atoms with Gasteiger partial charge in [0.15, 0.2) is 5.79 Å². The zero-order valence-electron chi connectivity index (χ0n) is 15.7. The minimum atomic E-state index is -0.778. The quantitative estimate of drug-likeness (QED) is 0.753. The minimum absolute atomic E-state index is 0.0616. The number of hydrogen-bond donors (Lipinski definition) is 1. The Bertz CT molecular complexity index is 663. The monoisotopic (exact) mass is 379 g/mol. The van der Waals surface area contributed by atoms with Gasteiger partial charge in [0.1, 0.15) is 24.9 Å². The molecule has 2 aliphatic heterocycles. The van der Waals surface area contributed by atoms with Crippen LogP contribution in [0, 0.1) is 0 Å². The number of carbonyl (C=O) groups excluding carboxylic acids is 2. The van der Waals surface area contributed by atoms with E-state index in [0.717, 1.165) is 5.56 Å². The van der Waals surface area contributed by atoms with Crippen LogP contribution in [-0.4, -0.2) is 55.9 Å². The highest BCUT2D eigenvalue weighted by Gasteiger charge is 2.55. The van der Waals surface area contributed by atoms with Crippen LogP contribution in [0.15, 0.2) is 30.3 Å². The van der Waals surface area contributed by atoms with Crippen LogP contribution in [0.4, 0.5) is 4.79 Å². The second-order valence-electron chi connectivity index (χ2n) is 7.00. The van der Waals surface area contributed by atoms with Gasteiger partial charge in [-0.3, -0.25) is 4.79 Å². The first-order chi connectivity index (χ1) is 12.9. The van der Waals surface area contributed by atoms with Crippen molar-refractivity contribution in [3.8, 4) is 0 Å². The maximum absolute atomic E-state index is 12.0. The molecule has 1 aromatic carbocycles. The molecular formula is C19H25NO7. The van der Waals surface area contributed by atoms with Gasteiger partial charge in [-0.15, -0.1) is 0 Å². The normalized spacial score (nSPS) is 28.4. The van der Waals surface area contributed by atoms with Crippen molar-refractivity contribution in [3.05, 3.63) is 35.9 Å². The van der Waals surface area contributed by atoms with Gasteiger partial charge in [0.25, 0.3) is 0 Å². The average Bonchev–Trinajstić information content (AvgIpc) is 3.12. The predicted octanol–water partition coefficient (Wildman–Crippen LogP) is 1.76. The molecule has 27 heavy (non-hydrogen) atoms. The van der Waals surface area contributed by atoms with E-state index in [-0.39, 0.29) is 31.6 Å². The fourth-order valence-electron chi connectivity index (χ4n) is 3.31. The summed E-state index contributed by atoms with van der Waals surface area (Å²) in [4.78, 5) is 23.6. The second kappa shape index (κ2) is 8.24. The summed E-state index contributed by atoms with van der Waals surface area (Å²) in [6.07, 6.45) is -2.21. The molecule has 0 aliphatic carbocycles. The number of fused-ring (bicyclic) bond motifs is 1. The van der Waals surface area contributed by atoms with Crippen LogP contribution in [0.5, 0.6) is 0 Å². The number of esters is 1. The molecule has 8 nitrogen and oxygen atoms in total. The van der Waals surface area contributed by atoms with E-state index >= 15 is 0 Å². The van der Waals surface area contributed by atoms with E-state index in [9.17, 15) is 9.59 Å². The number of alkyl carbamates (subject to hydrolysis) is 1. The third kappa shape index (κ3) is 4.97. The Morgan fingerprint density at radius 2 is 1.78 bits per heavy atom. The van der Waals surface area contributed by atoms with Crippen LogP contribution in [0.1, 0.15) is 25.8 Å². The summed E-state index contributed by atoms with van der Waals surface area (Å²) in [6.45, 7) is 3.98. The van der Waals surface area contributed by atoms with E-state index in [0.29, 0.717) is 0 Å². The number of benzene rings is 1. The van der Waals surface area contributed by atoms with Gasteiger partial charge in [-0.25, -0.2) is 4.79 Å². The van der Waals surface area contributed by atoms with Crippen LogP contribution in [0.25, 0.3) is 0 Å². The number of methoxy groups -OCH3 is 1. The Morgan fingerprint density at radius 1 is 1.11 bits per heavy atom. The number of hydrogen-bond acceptors (Lipinski definition) is 7. The van der Waals surface area contributed by atoms with Gasteiger partial charge < -0.3 is 29.0 Å². The zero-order valence-corrected chi connectivity index (χ0v) is 15.7. The first-order valence-electron chi connectivity index (χ1n) is 8.90. The zero-order chi connectivity index (χ0) is 19.4. The largest absolute Gasteiger partial charge is 0.469 e. The SMILES string of the molecule is COC(=O)C[C@@H]1O[C@H](CNC(=O)OCc2ccccc2)C2OC(C)(C)OC21. The van der Waals surface area contributed by atoms with Gasteiger partial charge in [-0.05, 0) is 19.4 Å². The predicted molar refractivity (Wildman–Crippen MR) is 93.7 cm³/mol. The van der Waals surface area contributed by atoms with Crippen molar-refractivity contribution in [2.75, 3.05) is 13.7 Å². The first kappa shape index (κ1) is 19.6. The lowest BCUT2D eigenvalue weighted by Gasteiger charge is -2.24. The van der Waals surface area contributed by atoms with Gasteiger partial charge in [0.05, 0.1) is 19.6 Å². The molecule has 148 valence electrons. The Hall–Kier alpha value is -2.16. The maximum atomic E-state index is 12.0. The highest BCUT2D eigenvalue weighted by atomic mass is 16.8. The summed E-state index contributed by atoms with van der Waals surface area (Å²) in [5.74, 6) is -1.16. The lowest BCUT2D eigenvalue weighted by Crippen LogP contribution is -2.40. The van der Waals surface area contributed by atoms with E-state index in [1.54, 1.807) is 13.8 Å². The summed E-state index contributed by atoms with van der Waals surface area (Å²) >= 11 is 0. The van der Waals surface area contributed by atoms with E-state index in [1.807, 2.05) is 30.3 Å². The van der Waals surface area contributed by atoms with Gasteiger partial charge in [0, 0.05) is 6.54 Å². The van der Waals surface area contributed by atoms with Gasteiger partial charge in [-0.2, -0.15) is 0 Å². The molecule has 0 bridgehead atoms. The number of ether oxygens (including phenoxy) is 5. The standard InChI is InChI=1S/C19H25NO7/c1-19(2)26-16-13(9-15(21)23-3)25-14(17(16)27-19)10-20-18(22)24-11-12-7-5-4-6-8-12/h4-8,13-14,16-17H,9-11H2,1-3H3,(H,20,22)/t13-,14+,16?,17?/m0/s1. The summed E-state index contributed by atoms with van der Waals surface area (Å²) in [5.41, 5.74) is 0.900. The van der Waals surface area contributed by atoms with Gasteiger partial charge in [-0.1, -0.05) is 30.3 Å². The van der Waals surface area contributed by atoms with Crippen molar-refractivity contribution < 1.29 is 33.3 Å². The van der Waals surface area contributed by atoms with Crippen molar-refractivity contribution >= 4 is 12.1 Å². The molecule has 2 saturated heterocycles. The van der Waals surface area contributed by atoms with E-state index in [2.05, 4.69) is 5.32 Å². The summed E-state index contributed by atoms with van der Waals surface area (Å²) < 4.78 is 27.6. The van der Waals surface area contributed by atoms with Crippen LogP contribution >= 0.6 is 0 Å². The fourth-order valence-corrected chi connectivity index (χ4v) is 3.31. The van der Waals surface area contributed by atoms with Crippen LogP contribution in [0.3, 0.4) is 0 Å². The van der Waals surface area contributed by atoms with Crippen LogP contribution in [-0.2, 0) is 35.1 Å². The lowest BCUT2D eigenvalue weighted by molar-refractivity contribution is -0.189. The number of rotatable bonds is 6. The second-order valence-corrected chi connectivity index (χ2v) is 7.00. The summed E-state index contributed by atoms with van der Waals surface area (Å²) in [5, 5.41) is 2.68. The molecule has 1 amide bonds. The third-order valence-electron chi connectivity index (χ3n) is 4.50. The van der Waals surface area contributed by atoms with E-state index in [1.165, 1.54) is 7.11 Å². The van der Waals surface area contributed by atoms with Crippen molar-refractivity contribution in [3.63, 3.8) is 0 Å². The molecule has 2 aliphatic rings. The van der Waals surface area contributed by atoms with Gasteiger partial charge in [0.2, 0.25) is 0 Å². The summed E-state index contributed by atoms with van der Waals surface area (Å²) in [7, 11) is 1.33. The number of amides is 1. The maximum Gasteiger partial charge on any atom is 0.407 e. The molecule has 3 rings (SSSR count). The van der Waals surface area contributed by atoms with Crippen LogP contribution < -0.4 is 5.32 Å². The molecule has 0 aromatic heterocycles. The van der Waals surface area contributed by atoms with Gasteiger partial charge >= 0.3 is 12.1 Å². The first-order valence-corrected chi connectivity index (χ1v) is 8.90. The van der Waals surface area contributed by atoms with E-state index in [4.69, 9.17) is 23.7 Å². The summed E-state index contributed by atoms with van der Waals surface area (Å²) in [6, 6.07) is 9.41. The van der Waals surface area contributed by atoms with Crippen molar-refractivity contribution in [2.45, 2.75) is 57.1 Å². The Morgan fingerprint density at radius 3 is 2.44 bits per heavy atom. The van der Waals surface area contributed by atoms with Crippen molar-refractivity contribution in [1.82, 2.24) is 5.32 Å². The average molecular weight is 379 g/mol. The Labute approximate surface area is 158 Å². The molecule has 8 heteroatoms. The Balaban J connectivity index is 1.52. The topological polar surface area (TPSA) is 92.3 Å². The molecule has 2 unspecified atom stereocenters. The molecule has 0 saturated carbocycles. The molecule has 1 aromatic rings. The van der Waals surface area contributed by atoms with Crippen LogP contribution in [0.2, 0.25) is 0 Å². The molecule has 2 heterocycles. The highest BCUT2D eigenvalue weighted by Crippen LogP contribution is 2.39. The Kier molecular flexibility index (Phi) is 5.98. The number of carbonyl (C=O) groups is 2. The minimum Gasteiger partial charge on any atom is -0.469 e. The third-order valence-corrected chi connectivity index (χ3v) is 4.50. The molecule has 1 N–H and O–H groups in total. The number of nitrogens with one attached hydrogen (secondary N) is 1. The lowest BCUT2D eigenvalue weighted by atomic mass is 10.1. The molecule has 0 radical (unpaired) electrons. The van der Waals surface area contributed by atoms with Crippen molar-refractivity contribution in [2.24, 2.45) is 0 Å². The van der Waals surface area contributed by atoms with Crippen molar-refractivity contribution in [1.29, 1.82) is 0 Å². The molecule has 2 fully saturated rings. The van der Waals surface area contributed by atoms with E-state index < -0.39 is 30.2 Å². The molecule has 4 atom stereocenters. The fraction of sp³-hybridized carbons (Fsp3) is 0.579. The molecular weight excluding hydrogens is 354 g/mol. The highest BCUT2D eigenvalue weighted by molar-refractivity contribution is 5.70. The smallest absolute Gasteiger partial charge is 0.407 e. The molecule has 0 spiro atoms.